The number of alkyl halides is 3. The highest BCUT2D eigenvalue weighted by atomic mass is 19.4. The Morgan fingerprint density at radius 3 is 2.44 bits per heavy atom. The monoisotopic (exact) mass is 386 g/mol. The summed E-state index contributed by atoms with van der Waals surface area (Å²) in [4.78, 5) is 7.01. The summed E-state index contributed by atoms with van der Waals surface area (Å²) in [5.74, 6) is 0.937. The number of nitrogens with zero attached hydrogens (tertiary/aromatic N) is 2. The zero-order valence-electron chi connectivity index (χ0n) is 16.0. The molecule has 5 nitrogen and oxygen atoms in total. The molecule has 27 heavy (non-hydrogen) atoms. The number of aliphatic imine (C=N–C) groups is 1. The van der Waals surface area contributed by atoms with Crippen LogP contribution in [0.2, 0.25) is 0 Å². The zero-order valence-corrected chi connectivity index (χ0v) is 16.0. The van der Waals surface area contributed by atoms with Crippen molar-refractivity contribution in [2.75, 3.05) is 32.8 Å². The summed E-state index contributed by atoms with van der Waals surface area (Å²) in [6.07, 6.45) is -1.74. The van der Waals surface area contributed by atoms with Crippen LogP contribution in [0.4, 0.5) is 13.2 Å². The molecule has 0 heterocycles. The lowest BCUT2D eigenvalue weighted by Gasteiger charge is -2.20. The van der Waals surface area contributed by atoms with Crippen LogP contribution < -0.4 is 15.4 Å². The third-order valence-corrected chi connectivity index (χ3v) is 4.25. The second-order valence-electron chi connectivity index (χ2n) is 6.53. The van der Waals surface area contributed by atoms with E-state index in [1.165, 1.54) is 25.0 Å². The first-order valence-electron chi connectivity index (χ1n) is 9.46. The van der Waals surface area contributed by atoms with Crippen molar-refractivity contribution in [1.82, 2.24) is 15.5 Å². The van der Waals surface area contributed by atoms with Crippen molar-refractivity contribution < 1.29 is 17.9 Å². The minimum atomic E-state index is -4.33. The molecule has 0 bridgehead atoms. The minimum absolute atomic E-state index is 0.199. The Bertz CT molecular complexity index is 586. The van der Waals surface area contributed by atoms with Crippen LogP contribution >= 0.6 is 0 Å². The summed E-state index contributed by atoms with van der Waals surface area (Å²) in [5.41, 5.74) is 0.903. The zero-order chi connectivity index (χ0) is 19.7. The van der Waals surface area contributed by atoms with Gasteiger partial charge in [-0.25, -0.2) is 4.99 Å². The van der Waals surface area contributed by atoms with Crippen LogP contribution in [0.3, 0.4) is 0 Å². The highest BCUT2D eigenvalue weighted by molar-refractivity contribution is 5.79. The minimum Gasteiger partial charge on any atom is -0.484 e. The Balaban J connectivity index is 1.80. The van der Waals surface area contributed by atoms with Crippen molar-refractivity contribution in [3.8, 4) is 5.75 Å². The maximum atomic E-state index is 12.2. The van der Waals surface area contributed by atoms with E-state index in [1.807, 2.05) is 6.92 Å². The molecule has 1 aliphatic carbocycles. The maximum Gasteiger partial charge on any atom is 0.422 e. The van der Waals surface area contributed by atoms with Gasteiger partial charge < -0.3 is 15.4 Å². The van der Waals surface area contributed by atoms with Gasteiger partial charge in [-0.2, -0.15) is 13.2 Å². The molecule has 0 radical (unpaired) electrons. The average molecular weight is 386 g/mol. The largest absolute Gasteiger partial charge is 0.484 e. The first kappa shape index (κ1) is 21.3. The van der Waals surface area contributed by atoms with Gasteiger partial charge in [0.15, 0.2) is 12.6 Å². The topological polar surface area (TPSA) is 48.9 Å². The molecule has 1 aromatic rings. The van der Waals surface area contributed by atoms with E-state index in [-0.39, 0.29) is 5.75 Å². The number of nitrogens with one attached hydrogen (secondary N) is 2. The van der Waals surface area contributed by atoms with Gasteiger partial charge in [0.05, 0.1) is 6.54 Å². The van der Waals surface area contributed by atoms with Crippen molar-refractivity contribution in [3.63, 3.8) is 0 Å². The van der Waals surface area contributed by atoms with Crippen LogP contribution in [0.15, 0.2) is 29.3 Å². The van der Waals surface area contributed by atoms with E-state index in [2.05, 4.69) is 27.4 Å². The van der Waals surface area contributed by atoms with E-state index >= 15 is 0 Å². The Labute approximate surface area is 159 Å². The van der Waals surface area contributed by atoms with Gasteiger partial charge in [0.25, 0.3) is 0 Å². The van der Waals surface area contributed by atoms with E-state index in [1.54, 1.807) is 12.1 Å². The lowest BCUT2D eigenvalue weighted by atomic mass is 10.2. The Morgan fingerprint density at radius 2 is 1.89 bits per heavy atom. The second kappa shape index (κ2) is 10.4. The number of hydrogen-bond donors (Lipinski definition) is 2. The number of benzene rings is 1. The Kier molecular flexibility index (Phi) is 8.22. The molecule has 0 aromatic heterocycles. The molecule has 0 unspecified atom stereocenters. The van der Waals surface area contributed by atoms with Gasteiger partial charge in [0.2, 0.25) is 0 Å². The summed E-state index contributed by atoms with van der Waals surface area (Å²) in [7, 11) is 0. The van der Waals surface area contributed by atoms with Gasteiger partial charge in [-0.3, -0.25) is 4.90 Å². The van der Waals surface area contributed by atoms with Crippen LogP contribution in [-0.2, 0) is 6.54 Å². The molecule has 1 saturated carbocycles. The summed E-state index contributed by atoms with van der Waals surface area (Å²) in [6.45, 7) is 6.96. The number of ether oxygens (including phenoxy) is 1. The summed E-state index contributed by atoms with van der Waals surface area (Å²) in [6, 6.07) is 7.27. The van der Waals surface area contributed by atoms with Crippen molar-refractivity contribution in [2.24, 2.45) is 4.99 Å². The van der Waals surface area contributed by atoms with Gasteiger partial charge in [0.1, 0.15) is 5.75 Å². The fraction of sp³-hybridized carbons (Fsp3) is 0.632. The summed E-state index contributed by atoms with van der Waals surface area (Å²) in [5, 5.41) is 6.54. The molecule has 0 atom stereocenters. The van der Waals surface area contributed by atoms with Crippen LogP contribution in [0, 0.1) is 0 Å². The molecule has 152 valence electrons. The van der Waals surface area contributed by atoms with E-state index in [0.717, 1.165) is 43.7 Å². The maximum absolute atomic E-state index is 12.2. The van der Waals surface area contributed by atoms with Gasteiger partial charge >= 0.3 is 6.18 Å². The smallest absolute Gasteiger partial charge is 0.422 e. The van der Waals surface area contributed by atoms with Crippen molar-refractivity contribution in [3.05, 3.63) is 29.8 Å². The third-order valence-electron chi connectivity index (χ3n) is 4.25. The van der Waals surface area contributed by atoms with Gasteiger partial charge in [-0.15, -0.1) is 0 Å². The molecule has 2 rings (SSSR count). The lowest BCUT2D eigenvalue weighted by Crippen LogP contribution is -2.42. The molecule has 0 spiro atoms. The fourth-order valence-electron chi connectivity index (χ4n) is 2.72. The van der Waals surface area contributed by atoms with E-state index < -0.39 is 12.8 Å². The standard InChI is InChI=1S/C19H29F3N4O/c1-3-23-18(24-11-12-26(4-2)16-7-8-16)25-13-15-5-9-17(10-6-15)27-14-19(20,21)22/h5-6,9-10,16H,3-4,7-8,11-14H2,1-2H3,(H2,23,24,25). The highest BCUT2D eigenvalue weighted by Crippen LogP contribution is 2.25. The van der Waals surface area contributed by atoms with Gasteiger partial charge in [-0.1, -0.05) is 19.1 Å². The van der Waals surface area contributed by atoms with Crippen LogP contribution in [0.1, 0.15) is 32.3 Å². The number of likely N-dealkylation sites (N-methyl/N-ethyl adjacent to an activating group) is 1. The van der Waals surface area contributed by atoms with E-state index in [4.69, 9.17) is 4.74 Å². The van der Waals surface area contributed by atoms with Crippen LogP contribution in [0.25, 0.3) is 0 Å². The first-order valence-corrected chi connectivity index (χ1v) is 9.46. The molecular formula is C19H29F3N4O. The van der Waals surface area contributed by atoms with E-state index in [9.17, 15) is 13.2 Å². The summed E-state index contributed by atoms with van der Waals surface area (Å²) < 4.78 is 41.2. The third kappa shape index (κ3) is 8.51. The number of guanidine groups is 1. The number of hydrogen-bond acceptors (Lipinski definition) is 3. The fourth-order valence-corrected chi connectivity index (χ4v) is 2.72. The Hall–Kier alpha value is -1.96. The first-order chi connectivity index (χ1) is 12.9. The summed E-state index contributed by atoms with van der Waals surface area (Å²) >= 11 is 0. The highest BCUT2D eigenvalue weighted by Gasteiger charge is 2.28. The van der Waals surface area contributed by atoms with Gasteiger partial charge in [-0.05, 0) is 44.0 Å². The molecule has 8 heteroatoms. The molecule has 2 N–H and O–H groups in total. The van der Waals surface area contributed by atoms with Crippen molar-refractivity contribution in [2.45, 2.75) is 45.5 Å². The van der Waals surface area contributed by atoms with Crippen LogP contribution in [0.5, 0.6) is 5.75 Å². The molecule has 1 aliphatic rings. The normalized spacial score (nSPS) is 15.1. The lowest BCUT2D eigenvalue weighted by molar-refractivity contribution is -0.153. The predicted octanol–water partition coefficient (Wildman–Crippen LogP) is 3.17. The molecule has 1 aromatic carbocycles. The van der Waals surface area contributed by atoms with Gasteiger partial charge in [0, 0.05) is 25.7 Å². The SMILES string of the molecule is CCNC(=NCc1ccc(OCC(F)(F)F)cc1)NCCN(CC)C1CC1. The second-order valence-corrected chi connectivity index (χ2v) is 6.53. The quantitative estimate of drug-likeness (QED) is 0.479. The molecule has 0 amide bonds. The van der Waals surface area contributed by atoms with Crippen molar-refractivity contribution >= 4 is 5.96 Å². The Morgan fingerprint density at radius 1 is 1.19 bits per heavy atom. The van der Waals surface area contributed by atoms with Crippen molar-refractivity contribution in [1.29, 1.82) is 0 Å². The average Bonchev–Trinajstić information content (AvgIpc) is 3.47. The predicted molar refractivity (Wildman–Crippen MR) is 101 cm³/mol. The number of halogens is 3. The van der Waals surface area contributed by atoms with Crippen LogP contribution in [-0.4, -0.2) is 55.9 Å². The molecular weight excluding hydrogens is 357 g/mol. The number of rotatable bonds is 10. The van der Waals surface area contributed by atoms with E-state index in [0.29, 0.717) is 6.54 Å². The molecule has 1 fully saturated rings. The molecule has 0 saturated heterocycles. The molecule has 0 aliphatic heterocycles.